The van der Waals surface area contributed by atoms with Crippen LogP contribution in [0.1, 0.15) is 63.3 Å². The van der Waals surface area contributed by atoms with E-state index < -0.39 is 42.2 Å². The van der Waals surface area contributed by atoms with Crippen LogP contribution in [-0.4, -0.2) is 52.7 Å². The van der Waals surface area contributed by atoms with Gasteiger partial charge in [0.2, 0.25) is 5.91 Å². The molecule has 0 heterocycles. The molecule has 3 amide bonds. The van der Waals surface area contributed by atoms with Gasteiger partial charge in [0.05, 0.1) is 6.61 Å². The lowest BCUT2D eigenvalue weighted by atomic mass is 9.99. The molecule has 0 aromatic heterocycles. The molecule has 2 rings (SSSR count). The van der Waals surface area contributed by atoms with Crippen molar-refractivity contribution in [1.82, 2.24) is 10.2 Å². The Morgan fingerprint density at radius 1 is 1.14 bits per heavy atom. The Kier molecular flexibility index (Phi) is 10.9. The quantitative estimate of drug-likeness (QED) is 0.402. The first-order valence-electron chi connectivity index (χ1n) is 12.5. The van der Waals surface area contributed by atoms with Gasteiger partial charge in [-0.3, -0.25) is 9.59 Å². The van der Waals surface area contributed by atoms with Gasteiger partial charge in [0.1, 0.15) is 17.7 Å². The number of rotatable bonds is 11. The molecule has 0 bridgehead atoms. The molecule has 37 heavy (non-hydrogen) atoms. The average Bonchev–Trinajstić information content (AvgIpc) is 2.84. The summed E-state index contributed by atoms with van der Waals surface area (Å²) >= 11 is 0. The van der Waals surface area contributed by atoms with Crippen molar-refractivity contribution in [1.29, 1.82) is 0 Å². The molecule has 0 aliphatic carbocycles. The zero-order valence-corrected chi connectivity index (χ0v) is 22.4. The largest absolute Gasteiger partial charge is 0.444 e. The monoisotopic (exact) mass is 509 g/mol. The fourth-order valence-electron chi connectivity index (χ4n) is 3.77. The summed E-state index contributed by atoms with van der Waals surface area (Å²) in [5, 5.41) is 15.4. The third-order valence-electron chi connectivity index (χ3n) is 5.63. The third kappa shape index (κ3) is 8.75. The van der Waals surface area contributed by atoms with Crippen LogP contribution < -0.4 is 10.6 Å². The zero-order valence-electron chi connectivity index (χ0n) is 22.4. The highest BCUT2D eigenvalue weighted by atomic mass is 16.6. The van der Waals surface area contributed by atoms with Gasteiger partial charge in [-0.25, -0.2) is 4.79 Å². The Bertz CT molecular complexity index is 1090. The molecule has 8 nitrogen and oxygen atoms in total. The summed E-state index contributed by atoms with van der Waals surface area (Å²) in [6.45, 7) is 12.4. The summed E-state index contributed by atoms with van der Waals surface area (Å²) in [5.74, 6) is -0.996. The molecule has 0 aliphatic heterocycles. The fourth-order valence-corrected chi connectivity index (χ4v) is 3.77. The van der Waals surface area contributed by atoms with E-state index in [1.807, 2.05) is 38.1 Å². The first kappa shape index (κ1) is 29.6. The van der Waals surface area contributed by atoms with Crippen molar-refractivity contribution in [3.63, 3.8) is 0 Å². The second-order valence-electron chi connectivity index (χ2n) is 9.85. The van der Waals surface area contributed by atoms with E-state index in [0.717, 1.165) is 17.5 Å². The van der Waals surface area contributed by atoms with Gasteiger partial charge in [0, 0.05) is 12.2 Å². The number of para-hydroxylation sites is 1. The number of ether oxygens (including phenoxy) is 1. The number of benzene rings is 2. The molecule has 2 aromatic carbocycles. The molecular weight excluding hydrogens is 470 g/mol. The molecule has 0 spiro atoms. The van der Waals surface area contributed by atoms with E-state index in [4.69, 9.17) is 4.74 Å². The van der Waals surface area contributed by atoms with Gasteiger partial charge in [-0.15, -0.1) is 0 Å². The van der Waals surface area contributed by atoms with Crippen LogP contribution in [-0.2, 0) is 14.3 Å². The lowest BCUT2D eigenvalue weighted by molar-refractivity contribution is -0.141. The number of alkyl carbamates (subject to hydrolysis) is 1. The van der Waals surface area contributed by atoms with E-state index in [1.54, 1.807) is 51.1 Å². The highest BCUT2D eigenvalue weighted by Crippen LogP contribution is 2.27. The number of unbranched alkanes of at least 4 members (excludes halogenated alkanes) is 1. The highest BCUT2D eigenvalue weighted by molar-refractivity contribution is 5.99. The normalized spacial score (nSPS) is 12.7. The minimum absolute atomic E-state index is 0.242. The number of anilines is 1. The maximum atomic E-state index is 13.8. The van der Waals surface area contributed by atoms with Crippen molar-refractivity contribution < 1.29 is 24.2 Å². The number of nitrogens with zero attached hydrogens (tertiary/aromatic N) is 1. The molecule has 0 saturated carbocycles. The molecule has 0 saturated heterocycles. The number of nitrogens with one attached hydrogen (secondary N) is 2. The van der Waals surface area contributed by atoms with Gasteiger partial charge in [0.25, 0.3) is 5.91 Å². The van der Waals surface area contributed by atoms with Crippen molar-refractivity contribution in [3.05, 3.63) is 71.8 Å². The van der Waals surface area contributed by atoms with Crippen molar-refractivity contribution in [2.24, 2.45) is 0 Å². The molecular formula is C29H39N3O5. The minimum atomic E-state index is -1.29. The van der Waals surface area contributed by atoms with Crippen LogP contribution in [0, 0.1) is 6.92 Å². The van der Waals surface area contributed by atoms with Gasteiger partial charge in [0.15, 0.2) is 0 Å². The topological polar surface area (TPSA) is 108 Å². The van der Waals surface area contributed by atoms with Crippen LogP contribution >= 0.6 is 0 Å². The molecule has 200 valence electrons. The molecule has 0 radical (unpaired) electrons. The highest BCUT2D eigenvalue weighted by Gasteiger charge is 2.36. The molecule has 2 unspecified atom stereocenters. The van der Waals surface area contributed by atoms with Crippen molar-refractivity contribution >= 4 is 29.7 Å². The zero-order chi connectivity index (χ0) is 27.6. The van der Waals surface area contributed by atoms with Crippen LogP contribution in [0.5, 0.6) is 0 Å². The van der Waals surface area contributed by atoms with Crippen LogP contribution in [0.25, 0.3) is 6.08 Å². The van der Waals surface area contributed by atoms with Crippen molar-refractivity contribution in [2.75, 3.05) is 18.5 Å². The first-order chi connectivity index (χ1) is 17.5. The van der Waals surface area contributed by atoms with Gasteiger partial charge < -0.3 is 25.4 Å². The number of carbonyl (C=O) groups excluding carboxylic acids is 3. The lowest BCUT2D eigenvalue weighted by Crippen LogP contribution is -2.54. The molecule has 3 N–H and O–H groups in total. The number of amides is 3. The van der Waals surface area contributed by atoms with Crippen LogP contribution in [0.15, 0.2) is 55.1 Å². The van der Waals surface area contributed by atoms with Crippen molar-refractivity contribution in [3.8, 4) is 0 Å². The number of carbonyl (C=O) groups is 3. The Morgan fingerprint density at radius 2 is 1.84 bits per heavy atom. The summed E-state index contributed by atoms with van der Waals surface area (Å²) in [7, 11) is 0. The number of hydrogen-bond acceptors (Lipinski definition) is 5. The van der Waals surface area contributed by atoms with Gasteiger partial charge in [-0.1, -0.05) is 62.4 Å². The molecule has 2 atom stereocenters. The number of aryl methyl sites for hydroxylation is 1. The van der Waals surface area contributed by atoms with Crippen LogP contribution in [0.4, 0.5) is 10.5 Å². The number of hydrogen-bond donors (Lipinski definition) is 3. The second kappa shape index (κ2) is 13.6. The lowest BCUT2D eigenvalue weighted by Gasteiger charge is -2.34. The van der Waals surface area contributed by atoms with Gasteiger partial charge in [-0.2, -0.15) is 0 Å². The standard InChI is InChI=1S/C29H39N3O5/c1-7-9-17-32(27(35)24(19-33)31-28(36)37-29(4,5)6)25(22-15-12-14-21(8-2)18-22)26(34)30-23-16-11-10-13-20(23)3/h8,10-16,18,24-25,33H,2,7,9,17,19H2,1,3-6H3,(H,30,34)(H,31,36). The van der Waals surface area contributed by atoms with E-state index in [2.05, 4.69) is 17.2 Å². The molecule has 2 aromatic rings. The Hall–Kier alpha value is -3.65. The summed E-state index contributed by atoms with van der Waals surface area (Å²) in [4.78, 5) is 41.4. The summed E-state index contributed by atoms with van der Waals surface area (Å²) in [5.41, 5.74) is 2.10. The van der Waals surface area contributed by atoms with Crippen LogP contribution in [0.2, 0.25) is 0 Å². The average molecular weight is 510 g/mol. The Morgan fingerprint density at radius 3 is 2.43 bits per heavy atom. The number of aliphatic hydroxyl groups excluding tert-OH is 1. The second-order valence-corrected chi connectivity index (χ2v) is 9.85. The van der Waals surface area contributed by atoms with E-state index in [0.29, 0.717) is 17.7 Å². The Balaban J connectivity index is 2.51. The molecule has 0 fully saturated rings. The smallest absolute Gasteiger partial charge is 0.408 e. The Labute approximate surface area is 219 Å². The predicted octanol–water partition coefficient (Wildman–Crippen LogP) is 4.83. The predicted molar refractivity (Wildman–Crippen MR) is 146 cm³/mol. The maximum Gasteiger partial charge on any atom is 0.408 e. The van der Waals surface area contributed by atoms with Crippen LogP contribution in [0.3, 0.4) is 0 Å². The summed E-state index contributed by atoms with van der Waals surface area (Å²) in [6.07, 6.45) is 2.22. The van der Waals surface area contributed by atoms with E-state index in [9.17, 15) is 19.5 Å². The number of aliphatic hydroxyl groups is 1. The third-order valence-corrected chi connectivity index (χ3v) is 5.63. The first-order valence-corrected chi connectivity index (χ1v) is 12.5. The van der Waals surface area contributed by atoms with E-state index in [-0.39, 0.29) is 6.54 Å². The van der Waals surface area contributed by atoms with Gasteiger partial charge in [-0.05, 0) is 62.9 Å². The minimum Gasteiger partial charge on any atom is -0.444 e. The molecule has 8 heteroatoms. The van der Waals surface area contributed by atoms with Crippen molar-refractivity contribution in [2.45, 2.75) is 65.1 Å². The summed E-state index contributed by atoms with van der Waals surface area (Å²) < 4.78 is 5.27. The van der Waals surface area contributed by atoms with E-state index >= 15 is 0 Å². The molecule has 0 aliphatic rings. The maximum absolute atomic E-state index is 13.8. The van der Waals surface area contributed by atoms with E-state index in [1.165, 1.54) is 4.90 Å². The summed E-state index contributed by atoms with van der Waals surface area (Å²) in [6, 6.07) is 12.3. The van der Waals surface area contributed by atoms with Gasteiger partial charge >= 0.3 is 6.09 Å². The fraction of sp³-hybridized carbons (Fsp3) is 0.414. The SMILES string of the molecule is C=Cc1cccc(C(C(=O)Nc2ccccc2C)N(CCCC)C(=O)C(CO)NC(=O)OC(C)(C)C)c1.